The number of anilines is 1. The fraction of sp³-hybridized carbons (Fsp3) is 0.136. The molecule has 2 heterocycles. The first-order valence-corrected chi connectivity index (χ1v) is 10.2. The monoisotopic (exact) mass is 493 g/mol. The van der Waals surface area contributed by atoms with Crippen molar-refractivity contribution in [2.45, 2.75) is 19.5 Å². The minimum atomic E-state index is -4.48. The van der Waals surface area contributed by atoms with Crippen molar-refractivity contribution in [2.24, 2.45) is 0 Å². The number of aromatic nitrogens is 4. The minimum Gasteiger partial charge on any atom is -0.471 e. The summed E-state index contributed by atoms with van der Waals surface area (Å²) in [6.07, 6.45) is -1.56. The van der Waals surface area contributed by atoms with Crippen LogP contribution in [0.25, 0.3) is 0 Å². The van der Waals surface area contributed by atoms with Crippen LogP contribution in [-0.2, 0) is 19.5 Å². The van der Waals surface area contributed by atoms with E-state index in [9.17, 15) is 22.4 Å². The maximum atomic E-state index is 13.4. The first kappa shape index (κ1) is 23.3. The van der Waals surface area contributed by atoms with Gasteiger partial charge in [-0.05, 0) is 42.0 Å². The van der Waals surface area contributed by atoms with Crippen molar-refractivity contribution in [3.8, 4) is 5.75 Å². The molecule has 0 saturated heterocycles. The maximum absolute atomic E-state index is 13.4. The van der Waals surface area contributed by atoms with Gasteiger partial charge in [0, 0.05) is 12.4 Å². The third-order valence-electron chi connectivity index (χ3n) is 4.58. The quantitative estimate of drug-likeness (QED) is 0.358. The third kappa shape index (κ3) is 5.73. The normalized spacial score (nSPS) is 11.4. The van der Waals surface area contributed by atoms with Gasteiger partial charge in [0.25, 0.3) is 5.91 Å². The lowest BCUT2D eigenvalue weighted by Gasteiger charge is -2.10. The molecule has 1 N–H and O–H groups in total. The van der Waals surface area contributed by atoms with Crippen LogP contribution < -0.4 is 10.1 Å². The van der Waals surface area contributed by atoms with E-state index < -0.39 is 17.6 Å². The smallest absolute Gasteiger partial charge is 0.416 e. The van der Waals surface area contributed by atoms with Gasteiger partial charge in [0.05, 0.1) is 12.1 Å². The Morgan fingerprint density at radius 1 is 1.06 bits per heavy atom. The summed E-state index contributed by atoms with van der Waals surface area (Å²) < 4.78 is 59.8. The Labute approximate surface area is 195 Å². The topological polar surface area (TPSA) is 74.0 Å². The van der Waals surface area contributed by atoms with E-state index in [2.05, 4.69) is 15.5 Å². The molecule has 7 nitrogen and oxygen atoms in total. The standard InChI is InChI=1S/C22H16ClF4N5O2/c23-18-12-32(11-14-3-1-5-16(24)9-14)30-20(18)28-21(33)19-7-8-31(29-19)13-34-17-6-2-4-15(10-17)22(25,26)27/h1-10,12H,11,13H2,(H,28,30,33). The number of nitrogens with zero attached hydrogens (tertiary/aromatic N) is 4. The predicted octanol–water partition coefficient (Wildman–Crippen LogP) is 5.23. The number of hydrogen-bond donors (Lipinski definition) is 1. The van der Waals surface area contributed by atoms with Crippen molar-refractivity contribution < 1.29 is 27.1 Å². The van der Waals surface area contributed by atoms with Gasteiger partial charge in [-0.1, -0.05) is 29.8 Å². The van der Waals surface area contributed by atoms with Crippen molar-refractivity contribution in [2.75, 3.05) is 5.32 Å². The van der Waals surface area contributed by atoms with Crippen molar-refractivity contribution in [3.63, 3.8) is 0 Å². The van der Waals surface area contributed by atoms with Crippen LogP contribution in [0.2, 0.25) is 5.02 Å². The number of benzene rings is 2. The van der Waals surface area contributed by atoms with Crippen LogP contribution in [0.4, 0.5) is 23.4 Å². The number of carbonyl (C=O) groups is 1. The maximum Gasteiger partial charge on any atom is 0.416 e. The molecular weight excluding hydrogens is 478 g/mol. The van der Waals surface area contributed by atoms with E-state index in [4.69, 9.17) is 16.3 Å². The number of nitrogens with one attached hydrogen (secondary N) is 1. The Hall–Kier alpha value is -3.86. The summed E-state index contributed by atoms with van der Waals surface area (Å²) >= 11 is 6.14. The number of alkyl halides is 3. The van der Waals surface area contributed by atoms with Crippen molar-refractivity contribution >= 4 is 23.3 Å². The van der Waals surface area contributed by atoms with Gasteiger partial charge in [0.15, 0.2) is 18.2 Å². The van der Waals surface area contributed by atoms with Gasteiger partial charge in [-0.25, -0.2) is 9.07 Å². The molecule has 176 valence electrons. The molecule has 34 heavy (non-hydrogen) atoms. The van der Waals surface area contributed by atoms with E-state index in [0.29, 0.717) is 5.56 Å². The van der Waals surface area contributed by atoms with E-state index in [1.165, 1.54) is 52.1 Å². The molecular formula is C22H16ClF4N5O2. The summed E-state index contributed by atoms with van der Waals surface area (Å²) in [4.78, 5) is 12.5. The zero-order valence-electron chi connectivity index (χ0n) is 17.3. The van der Waals surface area contributed by atoms with Crippen molar-refractivity contribution in [1.29, 1.82) is 0 Å². The fourth-order valence-corrected chi connectivity index (χ4v) is 3.21. The molecule has 0 aliphatic carbocycles. The molecule has 0 bridgehead atoms. The first-order chi connectivity index (χ1) is 16.2. The molecule has 2 aromatic heterocycles. The second kappa shape index (κ2) is 9.56. The number of hydrogen-bond acceptors (Lipinski definition) is 4. The highest BCUT2D eigenvalue weighted by molar-refractivity contribution is 6.33. The molecule has 0 aliphatic rings. The summed E-state index contributed by atoms with van der Waals surface area (Å²) in [5.41, 5.74) is -0.154. The van der Waals surface area contributed by atoms with Gasteiger partial charge >= 0.3 is 6.18 Å². The number of amides is 1. The molecule has 0 unspecified atom stereocenters. The zero-order valence-corrected chi connectivity index (χ0v) is 18.0. The largest absolute Gasteiger partial charge is 0.471 e. The Morgan fingerprint density at radius 3 is 2.62 bits per heavy atom. The molecule has 0 radical (unpaired) electrons. The predicted molar refractivity (Wildman–Crippen MR) is 115 cm³/mol. The highest BCUT2D eigenvalue weighted by atomic mass is 35.5. The summed E-state index contributed by atoms with van der Waals surface area (Å²) in [6.45, 7) is 0.0342. The van der Waals surface area contributed by atoms with Crippen LogP contribution in [0.3, 0.4) is 0 Å². The van der Waals surface area contributed by atoms with Crippen LogP contribution in [0.5, 0.6) is 5.75 Å². The highest BCUT2D eigenvalue weighted by Crippen LogP contribution is 2.31. The van der Waals surface area contributed by atoms with Crippen molar-refractivity contribution in [1.82, 2.24) is 19.6 Å². The fourth-order valence-electron chi connectivity index (χ4n) is 3.01. The van der Waals surface area contributed by atoms with E-state index in [1.54, 1.807) is 12.1 Å². The van der Waals surface area contributed by atoms with Gasteiger partial charge in [-0.2, -0.15) is 23.4 Å². The summed E-state index contributed by atoms with van der Waals surface area (Å²) in [7, 11) is 0. The van der Waals surface area contributed by atoms with Crippen LogP contribution in [0.1, 0.15) is 21.6 Å². The molecule has 2 aromatic carbocycles. The summed E-state index contributed by atoms with van der Waals surface area (Å²) in [5.74, 6) is -0.877. The lowest BCUT2D eigenvalue weighted by Crippen LogP contribution is -2.15. The lowest BCUT2D eigenvalue weighted by molar-refractivity contribution is -0.137. The van der Waals surface area contributed by atoms with Crippen LogP contribution in [-0.4, -0.2) is 25.5 Å². The number of ether oxygens (including phenoxy) is 1. The molecule has 12 heteroatoms. The van der Waals surface area contributed by atoms with E-state index in [1.807, 2.05) is 0 Å². The van der Waals surface area contributed by atoms with Crippen LogP contribution >= 0.6 is 11.6 Å². The van der Waals surface area contributed by atoms with Gasteiger partial charge in [-0.3, -0.25) is 9.48 Å². The molecule has 1 amide bonds. The lowest BCUT2D eigenvalue weighted by atomic mass is 10.2. The van der Waals surface area contributed by atoms with Crippen LogP contribution in [0, 0.1) is 5.82 Å². The molecule has 0 atom stereocenters. The number of rotatable bonds is 7. The van der Waals surface area contributed by atoms with Gasteiger partial charge in [0.2, 0.25) is 0 Å². The van der Waals surface area contributed by atoms with Gasteiger partial charge in [-0.15, -0.1) is 0 Å². The second-order valence-corrected chi connectivity index (χ2v) is 7.55. The molecule has 0 spiro atoms. The van der Waals surface area contributed by atoms with Gasteiger partial charge < -0.3 is 10.1 Å². The molecule has 0 aliphatic heterocycles. The molecule has 0 saturated carbocycles. The summed E-state index contributed by atoms with van der Waals surface area (Å²) in [5, 5.41) is 10.9. The molecule has 4 rings (SSSR count). The van der Waals surface area contributed by atoms with E-state index in [-0.39, 0.29) is 41.4 Å². The highest BCUT2D eigenvalue weighted by Gasteiger charge is 2.30. The second-order valence-electron chi connectivity index (χ2n) is 7.15. The van der Waals surface area contributed by atoms with Crippen LogP contribution in [0.15, 0.2) is 67.0 Å². The zero-order chi connectivity index (χ0) is 24.3. The van der Waals surface area contributed by atoms with Crippen molar-refractivity contribution in [3.05, 3.63) is 94.7 Å². The Kier molecular flexibility index (Phi) is 6.55. The minimum absolute atomic E-state index is 0.00643. The van der Waals surface area contributed by atoms with E-state index >= 15 is 0 Å². The summed E-state index contributed by atoms with van der Waals surface area (Å²) in [6, 6.07) is 11.8. The molecule has 0 fully saturated rings. The Balaban J connectivity index is 1.37. The third-order valence-corrected chi connectivity index (χ3v) is 4.86. The van der Waals surface area contributed by atoms with E-state index in [0.717, 1.165) is 12.1 Å². The van der Waals surface area contributed by atoms with Gasteiger partial charge in [0.1, 0.15) is 16.6 Å². The Bertz CT molecular complexity index is 1320. The molecule has 4 aromatic rings. The average Bonchev–Trinajstić information content (AvgIpc) is 3.39. The number of carbonyl (C=O) groups excluding carboxylic acids is 1. The average molecular weight is 494 g/mol. The Morgan fingerprint density at radius 2 is 1.85 bits per heavy atom. The number of halogens is 5. The SMILES string of the molecule is O=C(Nc1nn(Cc2cccc(F)c2)cc1Cl)c1ccn(COc2cccc(C(F)(F)F)c2)n1. The first-order valence-electron chi connectivity index (χ1n) is 9.79.